The number of halogens is 2. The second kappa shape index (κ2) is 12.8. The number of carbonyl (C=O) groups excluding carboxylic acids is 1. The Balaban J connectivity index is 0.00000337. The third-order valence-electron chi connectivity index (χ3n) is 7.31. The number of ether oxygens (including phenoxy) is 1. The summed E-state index contributed by atoms with van der Waals surface area (Å²) in [7, 11) is -3.74. The van der Waals surface area contributed by atoms with Crippen molar-refractivity contribution >= 4 is 76.6 Å². The van der Waals surface area contributed by atoms with E-state index in [4.69, 9.17) is 9.72 Å². The average Bonchev–Trinajstić information content (AvgIpc) is 3.60. The van der Waals surface area contributed by atoms with Gasteiger partial charge in [0.2, 0.25) is 0 Å². The molecule has 0 N–H and O–H groups in total. The van der Waals surface area contributed by atoms with Crippen molar-refractivity contribution in [3.8, 4) is 0 Å². The summed E-state index contributed by atoms with van der Waals surface area (Å²) in [6.45, 7) is 5.01. The summed E-state index contributed by atoms with van der Waals surface area (Å²) in [4.78, 5) is 22.8. The largest absolute Gasteiger partial charge is 0.379 e. The van der Waals surface area contributed by atoms with Gasteiger partial charge in [-0.2, -0.15) is 0 Å². The molecular formula is C29H30BrClN4O4S2. The Bertz CT molecular complexity index is 1640. The highest BCUT2D eigenvalue weighted by molar-refractivity contribution is 9.10. The molecule has 2 aliphatic rings. The molecule has 41 heavy (non-hydrogen) atoms. The van der Waals surface area contributed by atoms with Crippen molar-refractivity contribution in [2.24, 2.45) is 0 Å². The monoisotopic (exact) mass is 676 g/mol. The number of amides is 1. The smallest absolute Gasteiger partial charge is 0.264 e. The maximum Gasteiger partial charge on any atom is 0.264 e. The molecule has 1 fully saturated rings. The molecule has 1 aromatic heterocycles. The van der Waals surface area contributed by atoms with Gasteiger partial charge in [-0.3, -0.25) is 18.9 Å². The fourth-order valence-electron chi connectivity index (χ4n) is 5.17. The minimum Gasteiger partial charge on any atom is -0.379 e. The highest BCUT2D eigenvalue weighted by atomic mass is 79.9. The van der Waals surface area contributed by atoms with Gasteiger partial charge in [0.15, 0.2) is 5.13 Å². The number of anilines is 2. The van der Waals surface area contributed by atoms with Crippen LogP contribution in [0.5, 0.6) is 0 Å². The summed E-state index contributed by atoms with van der Waals surface area (Å²) in [6, 6.07) is 19.7. The Morgan fingerprint density at radius 1 is 1.02 bits per heavy atom. The van der Waals surface area contributed by atoms with E-state index in [0.717, 1.165) is 65.2 Å². The third kappa shape index (κ3) is 6.30. The van der Waals surface area contributed by atoms with Gasteiger partial charge in [-0.05, 0) is 66.9 Å². The maximum absolute atomic E-state index is 13.8. The van der Waals surface area contributed by atoms with Crippen LogP contribution in [0.1, 0.15) is 22.3 Å². The number of nitrogens with zero attached hydrogens (tertiary/aromatic N) is 4. The van der Waals surface area contributed by atoms with Crippen LogP contribution in [0.3, 0.4) is 0 Å². The first kappa shape index (κ1) is 29.9. The number of thiazole rings is 1. The fraction of sp³-hybridized carbons (Fsp3) is 0.310. The van der Waals surface area contributed by atoms with Crippen LogP contribution in [0.4, 0.5) is 10.8 Å². The molecule has 12 heteroatoms. The SMILES string of the molecule is Cl.O=C(c1ccc(S(=O)(=O)N2CCc3ccccc32)cc1)N(CCCN1CCOCC1)c1nc2ccc(Br)cc2s1. The first-order valence-electron chi connectivity index (χ1n) is 13.3. The lowest BCUT2D eigenvalue weighted by Gasteiger charge is -2.27. The molecule has 4 aromatic rings. The number of morpholine rings is 1. The average molecular weight is 678 g/mol. The Morgan fingerprint density at radius 2 is 1.78 bits per heavy atom. The normalized spacial score (nSPS) is 15.5. The zero-order valence-corrected chi connectivity index (χ0v) is 26.3. The molecule has 3 aromatic carbocycles. The Labute approximate surface area is 258 Å². The lowest BCUT2D eigenvalue weighted by Crippen LogP contribution is -2.39. The van der Waals surface area contributed by atoms with Gasteiger partial charge in [0.25, 0.3) is 15.9 Å². The number of rotatable bonds is 8. The van der Waals surface area contributed by atoms with Crippen molar-refractivity contribution in [2.75, 3.05) is 55.1 Å². The van der Waals surface area contributed by atoms with Crippen molar-refractivity contribution in [1.29, 1.82) is 0 Å². The van der Waals surface area contributed by atoms with Gasteiger partial charge < -0.3 is 4.74 Å². The summed E-state index contributed by atoms with van der Waals surface area (Å²) in [6.07, 6.45) is 1.47. The molecule has 1 saturated heterocycles. The predicted molar refractivity (Wildman–Crippen MR) is 169 cm³/mol. The topological polar surface area (TPSA) is 83.1 Å². The fourth-order valence-corrected chi connectivity index (χ4v) is 8.22. The van der Waals surface area contributed by atoms with E-state index in [-0.39, 0.29) is 23.2 Å². The van der Waals surface area contributed by atoms with Crippen LogP contribution in [0, 0.1) is 0 Å². The van der Waals surface area contributed by atoms with Crippen molar-refractivity contribution in [3.05, 3.63) is 82.3 Å². The summed E-state index contributed by atoms with van der Waals surface area (Å²) in [5.41, 5.74) is 3.00. The Hall–Kier alpha value is -2.54. The van der Waals surface area contributed by atoms with E-state index >= 15 is 0 Å². The number of fused-ring (bicyclic) bond motifs is 2. The van der Waals surface area contributed by atoms with Gasteiger partial charge in [0.05, 0.1) is 34.0 Å². The van der Waals surface area contributed by atoms with Gasteiger partial charge >= 0.3 is 0 Å². The van der Waals surface area contributed by atoms with E-state index in [1.54, 1.807) is 17.0 Å². The molecule has 0 radical (unpaired) electrons. The number of benzene rings is 3. The molecule has 6 rings (SSSR count). The molecule has 2 aliphatic heterocycles. The molecule has 216 valence electrons. The van der Waals surface area contributed by atoms with Crippen LogP contribution in [-0.4, -0.2) is 70.1 Å². The summed E-state index contributed by atoms with van der Waals surface area (Å²) >= 11 is 4.99. The van der Waals surface area contributed by atoms with Crippen molar-refractivity contribution in [2.45, 2.75) is 17.7 Å². The highest BCUT2D eigenvalue weighted by Gasteiger charge is 2.31. The second-order valence-corrected chi connectivity index (χ2v) is 13.6. The molecule has 0 spiro atoms. The van der Waals surface area contributed by atoms with Gasteiger partial charge in [-0.1, -0.05) is 45.5 Å². The van der Waals surface area contributed by atoms with Crippen LogP contribution in [0.2, 0.25) is 0 Å². The lowest BCUT2D eigenvalue weighted by atomic mass is 10.2. The minimum absolute atomic E-state index is 0. The quantitative estimate of drug-likeness (QED) is 0.242. The van der Waals surface area contributed by atoms with Gasteiger partial charge in [-0.25, -0.2) is 13.4 Å². The number of hydrogen-bond acceptors (Lipinski definition) is 7. The van der Waals surface area contributed by atoms with Crippen molar-refractivity contribution < 1.29 is 17.9 Å². The predicted octanol–water partition coefficient (Wildman–Crippen LogP) is 5.60. The van der Waals surface area contributed by atoms with Crippen LogP contribution in [-0.2, 0) is 21.2 Å². The van der Waals surface area contributed by atoms with E-state index in [9.17, 15) is 13.2 Å². The summed E-state index contributed by atoms with van der Waals surface area (Å²) in [5, 5.41) is 0.630. The molecule has 0 aliphatic carbocycles. The van der Waals surface area contributed by atoms with Crippen LogP contribution in [0.15, 0.2) is 76.1 Å². The van der Waals surface area contributed by atoms with Crippen molar-refractivity contribution in [3.63, 3.8) is 0 Å². The molecule has 3 heterocycles. The van der Waals surface area contributed by atoms with Gasteiger partial charge in [-0.15, -0.1) is 12.4 Å². The number of sulfonamides is 1. The first-order chi connectivity index (χ1) is 19.4. The van der Waals surface area contributed by atoms with Crippen LogP contribution >= 0.6 is 39.7 Å². The molecule has 0 atom stereocenters. The molecule has 8 nitrogen and oxygen atoms in total. The summed E-state index contributed by atoms with van der Waals surface area (Å²) in [5.74, 6) is -0.199. The number of hydrogen-bond donors (Lipinski definition) is 0. The van der Waals surface area contributed by atoms with E-state index in [0.29, 0.717) is 30.2 Å². The first-order valence-corrected chi connectivity index (χ1v) is 16.3. The van der Waals surface area contributed by atoms with Gasteiger partial charge in [0, 0.05) is 42.8 Å². The summed E-state index contributed by atoms with van der Waals surface area (Å²) < 4.78 is 35.8. The van der Waals surface area contributed by atoms with E-state index in [2.05, 4.69) is 20.8 Å². The number of aromatic nitrogens is 1. The Kier molecular flexibility index (Phi) is 9.32. The van der Waals surface area contributed by atoms with E-state index in [1.807, 2.05) is 42.5 Å². The van der Waals surface area contributed by atoms with Crippen molar-refractivity contribution in [1.82, 2.24) is 9.88 Å². The van der Waals surface area contributed by atoms with Crippen LogP contribution < -0.4 is 9.21 Å². The zero-order valence-electron chi connectivity index (χ0n) is 22.2. The Morgan fingerprint density at radius 3 is 2.56 bits per heavy atom. The molecule has 0 bridgehead atoms. The second-order valence-electron chi connectivity index (χ2n) is 9.85. The molecule has 0 unspecified atom stereocenters. The molecule has 0 saturated carbocycles. The number of carbonyl (C=O) groups is 1. The van der Waals surface area contributed by atoms with E-state index < -0.39 is 10.0 Å². The standard InChI is InChI=1S/C29H29BrN4O4S2.ClH/c30-23-8-11-25-27(20-23)39-29(31-25)33(14-3-13-32-16-18-38-19-17-32)28(35)22-6-9-24(10-7-22)40(36,37)34-15-12-21-4-1-2-5-26(21)34;/h1-2,4-11,20H,3,12-19H2;1H. The third-order valence-corrected chi connectivity index (χ3v) is 10.7. The van der Waals surface area contributed by atoms with Gasteiger partial charge in [0.1, 0.15) is 0 Å². The highest BCUT2D eigenvalue weighted by Crippen LogP contribution is 2.34. The lowest BCUT2D eigenvalue weighted by molar-refractivity contribution is 0.0376. The molecule has 1 amide bonds. The molecular weight excluding hydrogens is 648 g/mol. The van der Waals surface area contributed by atoms with Crippen LogP contribution in [0.25, 0.3) is 10.2 Å². The maximum atomic E-state index is 13.8. The zero-order chi connectivity index (χ0) is 27.7. The number of para-hydroxylation sites is 1. The minimum atomic E-state index is -3.74. The van der Waals surface area contributed by atoms with E-state index in [1.165, 1.54) is 27.8 Å².